The van der Waals surface area contributed by atoms with Crippen LogP contribution >= 0.6 is 12.4 Å². The van der Waals surface area contributed by atoms with E-state index in [1.54, 1.807) is 12.1 Å². The van der Waals surface area contributed by atoms with Gasteiger partial charge in [0.05, 0.1) is 0 Å². The van der Waals surface area contributed by atoms with Gasteiger partial charge in [0.15, 0.2) is 0 Å². The number of halogens is 3. The predicted octanol–water partition coefficient (Wildman–Crippen LogP) is 4.01. The minimum absolute atomic E-state index is 0. The SMILES string of the molecule is Cl.NCCN(Cc1ccccc1)Cc1cccc(C(F)F)c1. The van der Waals surface area contributed by atoms with Crippen LogP contribution in [0.1, 0.15) is 23.1 Å². The van der Waals surface area contributed by atoms with Gasteiger partial charge in [0.2, 0.25) is 0 Å². The summed E-state index contributed by atoms with van der Waals surface area (Å²) in [4.78, 5) is 2.17. The van der Waals surface area contributed by atoms with Crippen molar-refractivity contribution in [1.82, 2.24) is 4.90 Å². The number of nitrogens with zero attached hydrogens (tertiary/aromatic N) is 1. The van der Waals surface area contributed by atoms with Gasteiger partial charge in [0.25, 0.3) is 6.43 Å². The van der Waals surface area contributed by atoms with E-state index in [0.29, 0.717) is 13.1 Å². The molecular weight excluding hydrogens is 306 g/mol. The molecule has 0 fully saturated rings. The van der Waals surface area contributed by atoms with Crippen molar-refractivity contribution in [2.45, 2.75) is 19.5 Å². The van der Waals surface area contributed by atoms with Crippen LogP contribution in [0.5, 0.6) is 0 Å². The van der Waals surface area contributed by atoms with E-state index < -0.39 is 6.43 Å². The highest BCUT2D eigenvalue weighted by Gasteiger charge is 2.10. The largest absolute Gasteiger partial charge is 0.329 e. The quantitative estimate of drug-likeness (QED) is 0.833. The monoisotopic (exact) mass is 326 g/mol. The molecule has 0 saturated heterocycles. The second kappa shape index (κ2) is 9.51. The fraction of sp³-hybridized carbons (Fsp3) is 0.294. The Morgan fingerprint density at radius 3 is 2.18 bits per heavy atom. The molecule has 2 N–H and O–H groups in total. The Hall–Kier alpha value is -1.49. The van der Waals surface area contributed by atoms with E-state index in [-0.39, 0.29) is 18.0 Å². The molecule has 2 rings (SSSR count). The van der Waals surface area contributed by atoms with Crippen molar-refractivity contribution in [3.63, 3.8) is 0 Å². The lowest BCUT2D eigenvalue weighted by Crippen LogP contribution is -2.28. The first kappa shape index (κ1) is 18.6. The summed E-state index contributed by atoms with van der Waals surface area (Å²) in [6.45, 7) is 2.65. The first-order valence-corrected chi connectivity index (χ1v) is 7.02. The van der Waals surface area contributed by atoms with Crippen LogP contribution in [-0.4, -0.2) is 18.0 Å². The predicted molar refractivity (Wildman–Crippen MR) is 88.3 cm³/mol. The van der Waals surface area contributed by atoms with E-state index in [9.17, 15) is 8.78 Å². The molecule has 2 aromatic rings. The van der Waals surface area contributed by atoms with Crippen LogP contribution < -0.4 is 5.73 Å². The molecule has 2 aromatic carbocycles. The van der Waals surface area contributed by atoms with Gasteiger partial charge in [-0.2, -0.15) is 0 Å². The lowest BCUT2D eigenvalue weighted by atomic mass is 10.1. The third-order valence-corrected chi connectivity index (χ3v) is 3.30. The maximum absolute atomic E-state index is 12.7. The van der Waals surface area contributed by atoms with Gasteiger partial charge in [-0.15, -0.1) is 12.4 Å². The maximum Gasteiger partial charge on any atom is 0.263 e. The Morgan fingerprint density at radius 2 is 1.55 bits per heavy atom. The molecule has 0 aromatic heterocycles. The van der Waals surface area contributed by atoms with E-state index in [1.165, 1.54) is 11.6 Å². The van der Waals surface area contributed by atoms with Crippen molar-refractivity contribution >= 4 is 12.4 Å². The summed E-state index contributed by atoms with van der Waals surface area (Å²) >= 11 is 0. The van der Waals surface area contributed by atoms with Gasteiger partial charge in [-0.1, -0.05) is 48.5 Å². The second-order valence-electron chi connectivity index (χ2n) is 5.03. The summed E-state index contributed by atoms with van der Waals surface area (Å²) in [6, 6.07) is 16.7. The Bertz CT molecular complexity index is 549. The number of rotatable bonds is 7. The molecule has 0 atom stereocenters. The van der Waals surface area contributed by atoms with Crippen molar-refractivity contribution in [1.29, 1.82) is 0 Å². The zero-order valence-corrected chi connectivity index (χ0v) is 13.1. The minimum atomic E-state index is -2.43. The molecule has 0 aliphatic rings. The number of hydrogen-bond acceptors (Lipinski definition) is 2. The molecular formula is C17H21ClF2N2. The van der Waals surface area contributed by atoms with Crippen LogP contribution in [-0.2, 0) is 13.1 Å². The van der Waals surface area contributed by atoms with Gasteiger partial charge in [-0.25, -0.2) is 8.78 Å². The van der Waals surface area contributed by atoms with Gasteiger partial charge in [0.1, 0.15) is 0 Å². The van der Waals surface area contributed by atoms with Crippen LogP contribution in [0.25, 0.3) is 0 Å². The van der Waals surface area contributed by atoms with E-state index in [1.807, 2.05) is 24.3 Å². The van der Waals surface area contributed by atoms with Gasteiger partial charge in [0, 0.05) is 31.7 Å². The third-order valence-electron chi connectivity index (χ3n) is 3.30. The van der Waals surface area contributed by atoms with Crippen LogP contribution in [0.2, 0.25) is 0 Å². The summed E-state index contributed by atoms with van der Waals surface area (Å²) in [7, 11) is 0. The molecule has 0 aliphatic heterocycles. The molecule has 0 heterocycles. The smallest absolute Gasteiger partial charge is 0.263 e. The van der Waals surface area contributed by atoms with E-state index in [2.05, 4.69) is 17.0 Å². The zero-order chi connectivity index (χ0) is 15.1. The average molecular weight is 327 g/mol. The number of hydrogen-bond donors (Lipinski definition) is 1. The van der Waals surface area contributed by atoms with E-state index in [0.717, 1.165) is 18.7 Å². The van der Waals surface area contributed by atoms with E-state index >= 15 is 0 Å². The average Bonchev–Trinajstić information content (AvgIpc) is 2.49. The molecule has 120 valence electrons. The Morgan fingerprint density at radius 1 is 0.909 bits per heavy atom. The first-order chi connectivity index (χ1) is 10.2. The summed E-state index contributed by atoms with van der Waals surface area (Å²) in [6.07, 6.45) is -2.43. The standard InChI is InChI=1S/C17H20F2N2.ClH/c18-17(19)16-8-4-7-15(11-16)13-21(10-9-20)12-14-5-2-1-3-6-14;/h1-8,11,17H,9-10,12-13,20H2;1H. The zero-order valence-electron chi connectivity index (χ0n) is 12.3. The van der Waals surface area contributed by atoms with Crippen LogP contribution in [0.3, 0.4) is 0 Å². The normalized spacial score (nSPS) is 10.8. The van der Waals surface area contributed by atoms with Crippen LogP contribution in [0.15, 0.2) is 54.6 Å². The fourth-order valence-corrected chi connectivity index (χ4v) is 2.32. The van der Waals surface area contributed by atoms with Gasteiger partial charge in [-0.05, 0) is 17.2 Å². The van der Waals surface area contributed by atoms with Crippen molar-refractivity contribution < 1.29 is 8.78 Å². The van der Waals surface area contributed by atoms with Crippen molar-refractivity contribution in [2.75, 3.05) is 13.1 Å². The van der Waals surface area contributed by atoms with Gasteiger partial charge < -0.3 is 5.73 Å². The summed E-state index contributed by atoms with van der Waals surface area (Å²) in [5, 5.41) is 0. The first-order valence-electron chi connectivity index (χ1n) is 7.02. The highest BCUT2D eigenvalue weighted by molar-refractivity contribution is 5.85. The minimum Gasteiger partial charge on any atom is -0.329 e. The van der Waals surface area contributed by atoms with Crippen LogP contribution in [0.4, 0.5) is 8.78 Å². The van der Waals surface area contributed by atoms with Crippen molar-refractivity contribution in [2.24, 2.45) is 5.73 Å². The highest BCUT2D eigenvalue weighted by Crippen LogP contribution is 2.20. The number of benzene rings is 2. The highest BCUT2D eigenvalue weighted by atomic mass is 35.5. The third kappa shape index (κ3) is 5.72. The molecule has 0 bridgehead atoms. The topological polar surface area (TPSA) is 29.3 Å². The molecule has 5 heteroatoms. The van der Waals surface area contributed by atoms with E-state index in [4.69, 9.17) is 5.73 Å². The molecule has 0 aliphatic carbocycles. The molecule has 0 saturated carbocycles. The Kier molecular flexibility index (Phi) is 8.02. The Balaban J connectivity index is 0.00000242. The van der Waals surface area contributed by atoms with Crippen LogP contribution in [0, 0.1) is 0 Å². The molecule has 0 radical (unpaired) electrons. The Labute approximate surface area is 136 Å². The molecule has 22 heavy (non-hydrogen) atoms. The molecule has 0 amide bonds. The fourth-order valence-electron chi connectivity index (χ4n) is 2.32. The van der Waals surface area contributed by atoms with Gasteiger partial charge >= 0.3 is 0 Å². The van der Waals surface area contributed by atoms with Crippen molar-refractivity contribution in [3.05, 3.63) is 71.3 Å². The number of nitrogens with two attached hydrogens (primary N) is 1. The number of alkyl halides is 2. The lowest BCUT2D eigenvalue weighted by molar-refractivity contribution is 0.151. The molecule has 0 spiro atoms. The second-order valence-corrected chi connectivity index (χ2v) is 5.03. The molecule has 2 nitrogen and oxygen atoms in total. The lowest BCUT2D eigenvalue weighted by Gasteiger charge is -2.22. The summed E-state index contributed by atoms with van der Waals surface area (Å²) < 4.78 is 25.5. The van der Waals surface area contributed by atoms with Crippen molar-refractivity contribution in [3.8, 4) is 0 Å². The summed E-state index contributed by atoms with van der Waals surface area (Å²) in [5.41, 5.74) is 7.80. The maximum atomic E-state index is 12.7. The van der Waals surface area contributed by atoms with Gasteiger partial charge in [-0.3, -0.25) is 4.90 Å². The summed E-state index contributed by atoms with van der Waals surface area (Å²) in [5.74, 6) is 0. The molecule has 0 unspecified atom stereocenters.